The molecule has 0 saturated heterocycles. The Labute approximate surface area is 106 Å². The Morgan fingerprint density at radius 2 is 2.16 bits per heavy atom. The lowest BCUT2D eigenvalue weighted by Crippen LogP contribution is -2.18. The van der Waals surface area contributed by atoms with Crippen molar-refractivity contribution in [2.45, 2.75) is 45.0 Å². The number of hydrogen-bond donors (Lipinski definition) is 0. The summed E-state index contributed by atoms with van der Waals surface area (Å²) in [6.07, 6.45) is -3.51. The maximum atomic E-state index is 13.0. The van der Waals surface area contributed by atoms with Crippen molar-refractivity contribution >= 4 is 0 Å². The standard InChI is InChI=1S/C11H13F5N2O/c1-7-5-18(17-9(7)19-11(14,15)16)6-8-2-3-10(12,13)4-8/h5,8H,2-4,6H2,1H3. The molecule has 108 valence electrons. The summed E-state index contributed by atoms with van der Waals surface area (Å²) in [4.78, 5) is 0. The summed E-state index contributed by atoms with van der Waals surface area (Å²) in [6, 6.07) is 0. The second-order valence-electron chi connectivity index (χ2n) is 4.85. The fraction of sp³-hybridized carbons (Fsp3) is 0.727. The minimum atomic E-state index is -4.80. The van der Waals surface area contributed by atoms with Crippen molar-refractivity contribution in [1.82, 2.24) is 9.78 Å². The van der Waals surface area contributed by atoms with E-state index in [4.69, 9.17) is 0 Å². The molecule has 0 aromatic carbocycles. The lowest BCUT2D eigenvalue weighted by Gasteiger charge is -2.10. The van der Waals surface area contributed by atoms with Crippen LogP contribution in [0.25, 0.3) is 0 Å². The average Bonchev–Trinajstić information content (AvgIpc) is 2.69. The first-order valence-electron chi connectivity index (χ1n) is 5.82. The van der Waals surface area contributed by atoms with Gasteiger partial charge in [0.25, 0.3) is 0 Å². The second-order valence-corrected chi connectivity index (χ2v) is 4.85. The van der Waals surface area contributed by atoms with Crippen LogP contribution in [0.5, 0.6) is 5.88 Å². The van der Waals surface area contributed by atoms with E-state index in [1.54, 1.807) is 0 Å². The van der Waals surface area contributed by atoms with E-state index in [1.165, 1.54) is 17.8 Å². The summed E-state index contributed by atoms with van der Waals surface area (Å²) in [5.41, 5.74) is 0.224. The van der Waals surface area contributed by atoms with Crippen LogP contribution in [0.15, 0.2) is 6.20 Å². The normalized spacial score (nSPS) is 22.7. The van der Waals surface area contributed by atoms with Crippen LogP contribution in [-0.2, 0) is 6.54 Å². The summed E-state index contributed by atoms with van der Waals surface area (Å²) < 4.78 is 67.2. The van der Waals surface area contributed by atoms with Gasteiger partial charge in [0.2, 0.25) is 11.8 Å². The van der Waals surface area contributed by atoms with E-state index in [2.05, 4.69) is 9.84 Å². The number of nitrogens with zero attached hydrogens (tertiary/aromatic N) is 2. The average molecular weight is 284 g/mol. The maximum absolute atomic E-state index is 13.0. The number of aryl methyl sites for hydroxylation is 1. The Hall–Kier alpha value is -1.34. The molecular weight excluding hydrogens is 271 g/mol. The van der Waals surface area contributed by atoms with E-state index in [0.717, 1.165) is 0 Å². The fourth-order valence-corrected chi connectivity index (χ4v) is 2.27. The third kappa shape index (κ3) is 3.81. The molecule has 1 aliphatic rings. The van der Waals surface area contributed by atoms with Crippen LogP contribution < -0.4 is 4.74 Å². The highest BCUT2D eigenvalue weighted by molar-refractivity contribution is 5.21. The highest BCUT2D eigenvalue weighted by Gasteiger charge is 2.39. The van der Waals surface area contributed by atoms with Gasteiger partial charge in [-0.3, -0.25) is 4.68 Å². The lowest BCUT2D eigenvalue weighted by atomic mass is 10.1. The van der Waals surface area contributed by atoms with Gasteiger partial charge < -0.3 is 4.74 Å². The maximum Gasteiger partial charge on any atom is 0.574 e. The number of hydrogen-bond acceptors (Lipinski definition) is 2. The van der Waals surface area contributed by atoms with Crippen molar-refractivity contribution in [3.05, 3.63) is 11.8 Å². The van der Waals surface area contributed by atoms with Crippen molar-refractivity contribution in [2.24, 2.45) is 5.92 Å². The molecule has 1 saturated carbocycles. The van der Waals surface area contributed by atoms with Crippen LogP contribution in [0.4, 0.5) is 22.0 Å². The zero-order valence-electron chi connectivity index (χ0n) is 10.2. The van der Waals surface area contributed by atoms with Gasteiger partial charge in [-0.2, -0.15) is 0 Å². The molecular formula is C11H13F5N2O. The van der Waals surface area contributed by atoms with Crippen molar-refractivity contribution < 1.29 is 26.7 Å². The number of halogens is 5. The van der Waals surface area contributed by atoms with Gasteiger partial charge in [0.15, 0.2) is 0 Å². The first kappa shape index (κ1) is 14.1. The number of ether oxygens (including phenoxy) is 1. The molecule has 19 heavy (non-hydrogen) atoms. The van der Waals surface area contributed by atoms with Gasteiger partial charge in [0, 0.05) is 31.1 Å². The number of rotatable bonds is 3. The van der Waals surface area contributed by atoms with E-state index in [9.17, 15) is 22.0 Å². The molecule has 1 fully saturated rings. The highest BCUT2D eigenvalue weighted by atomic mass is 19.4. The highest BCUT2D eigenvalue weighted by Crippen LogP contribution is 2.39. The van der Waals surface area contributed by atoms with Crippen LogP contribution in [-0.4, -0.2) is 22.1 Å². The molecule has 0 N–H and O–H groups in total. The van der Waals surface area contributed by atoms with Gasteiger partial charge in [0.05, 0.1) is 0 Å². The molecule has 0 aliphatic heterocycles. The SMILES string of the molecule is Cc1cn(CC2CCC(F)(F)C2)nc1OC(F)(F)F. The molecule has 0 radical (unpaired) electrons. The quantitative estimate of drug-likeness (QED) is 0.794. The van der Waals surface area contributed by atoms with Crippen LogP contribution in [0, 0.1) is 12.8 Å². The summed E-state index contributed by atoms with van der Waals surface area (Å²) in [5.74, 6) is -3.47. The molecule has 1 aromatic heterocycles. The summed E-state index contributed by atoms with van der Waals surface area (Å²) >= 11 is 0. The minimum Gasteiger partial charge on any atom is -0.386 e. The molecule has 2 rings (SSSR count). The van der Waals surface area contributed by atoms with Crippen molar-refractivity contribution in [3.8, 4) is 5.88 Å². The largest absolute Gasteiger partial charge is 0.574 e. The number of aromatic nitrogens is 2. The topological polar surface area (TPSA) is 27.1 Å². The van der Waals surface area contributed by atoms with Crippen LogP contribution in [0.3, 0.4) is 0 Å². The Morgan fingerprint density at radius 1 is 1.47 bits per heavy atom. The van der Waals surface area contributed by atoms with Crippen molar-refractivity contribution in [2.75, 3.05) is 0 Å². The zero-order chi connectivity index (χ0) is 14.3. The zero-order valence-corrected chi connectivity index (χ0v) is 10.2. The van der Waals surface area contributed by atoms with Gasteiger partial charge in [-0.05, 0) is 19.3 Å². The number of alkyl halides is 5. The predicted octanol–water partition coefficient (Wildman–Crippen LogP) is 3.53. The molecule has 0 amide bonds. The third-order valence-electron chi connectivity index (χ3n) is 3.06. The molecule has 1 unspecified atom stereocenters. The first-order chi connectivity index (χ1) is 8.65. The molecule has 1 aliphatic carbocycles. The van der Waals surface area contributed by atoms with Crippen LogP contribution in [0.2, 0.25) is 0 Å². The van der Waals surface area contributed by atoms with E-state index >= 15 is 0 Å². The molecule has 1 heterocycles. The first-order valence-corrected chi connectivity index (χ1v) is 5.82. The van der Waals surface area contributed by atoms with Crippen LogP contribution in [0.1, 0.15) is 24.8 Å². The molecule has 0 spiro atoms. The predicted molar refractivity (Wildman–Crippen MR) is 55.9 cm³/mol. The van der Waals surface area contributed by atoms with Gasteiger partial charge in [-0.1, -0.05) is 0 Å². The van der Waals surface area contributed by atoms with E-state index < -0.39 is 18.2 Å². The van der Waals surface area contributed by atoms with Gasteiger partial charge >= 0.3 is 6.36 Å². The third-order valence-corrected chi connectivity index (χ3v) is 3.06. The Bertz CT molecular complexity index is 454. The summed E-state index contributed by atoms with van der Waals surface area (Å²) in [6.45, 7) is 1.60. The van der Waals surface area contributed by atoms with E-state index in [-0.39, 0.29) is 30.9 Å². The Balaban J connectivity index is 2.01. The Morgan fingerprint density at radius 3 is 2.68 bits per heavy atom. The molecule has 1 aromatic rings. The van der Waals surface area contributed by atoms with Crippen molar-refractivity contribution in [3.63, 3.8) is 0 Å². The van der Waals surface area contributed by atoms with Gasteiger partial charge in [-0.15, -0.1) is 18.3 Å². The Kier molecular flexibility index (Phi) is 3.44. The van der Waals surface area contributed by atoms with E-state index in [1.807, 2.05) is 0 Å². The lowest BCUT2D eigenvalue weighted by molar-refractivity contribution is -0.276. The molecule has 1 atom stereocenters. The van der Waals surface area contributed by atoms with Gasteiger partial charge in [0.1, 0.15) is 0 Å². The van der Waals surface area contributed by atoms with Gasteiger partial charge in [-0.25, -0.2) is 8.78 Å². The molecule has 3 nitrogen and oxygen atoms in total. The smallest absolute Gasteiger partial charge is 0.386 e. The minimum absolute atomic E-state index is 0.177. The van der Waals surface area contributed by atoms with Crippen molar-refractivity contribution in [1.29, 1.82) is 0 Å². The summed E-state index contributed by atoms with van der Waals surface area (Å²) in [7, 11) is 0. The summed E-state index contributed by atoms with van der Waals surface area (Å²) in [5, 5.41) is 3.64. The monoisotopic (exact) mass is 284 g/mol. The van der Waals surface area contributed by atoms with Crippen LogP contribution >= 0.6 is 0 Å². The van der Waals surface area contributed by atoms with E-state index in [0.29, 0.717) is 6.42 Å². The molecule has 0 bridgehead atoms. The second kappa shape index (κ2) is 4.64. The fourth-order valence-electron chi connectivity index (χ4n) is 2.27. The molecule has 8 heteroatoms.